The number of thiophene rings is 1. The molecule has 0 bridgehead atoms. The fourth-order valence-electron chi connectivity index (χ4n) is 5.45. The van der Waals surface area contributed by atoms with Gasteiger partial charge in [0.05, 0.1) is 16.8 Å². The van der Waals surface area contributed by atoms with E-state index in [2.05, 4.69) is 19.2 Å². The third-order valence-corrected chi connectivity index (χ3v) is 8.88. The lowest BCUT2D eigenvalue weighted by atomic mass is 9.77. The molecule has 2 aromatic heterocycles. The van der Waals surface area contributed by atoms with Crippen molar-refractivity contribution in [3.63, 3.8) is 0 Å². The average molecular weight is 484 g/mol. The molecule has 1 aromatic carbocycles. The number of fused-ring (bicyclic) bond motifs is 3. The second kappa shape index (κ2) is 8.48. The molecular formula is C26H30ClN3O2S. The molecular weight excluding hydrogens is 454 g/mol. The van der Waals surface area contributed by atoms with Gasteiger partial charge in [0, 0.05) is 17.6 Å². The third kappa shape index (κ3) is 3.87. The van der Waals surface area contributed by atoms with Crippen molar-refractivity contribution >= 4 is 45.0 Å². The van der Waals surface area contributed by atoms with E-state index in [1.54, 1.807) is 16.2 Å². The molecule has 2 amide bonds. The van der Waals surface area contributed by atoms with Crippen LogP contribution in [0.4, 0.5) is 0 Å². The Labute approximate surface area is 203 Å². The molecule has 5 nitrogen and oxygen atoms in total. The highest BCUT2D eigenvalue weighted by Crippen LogP contribution is 2.36. The topological polar surface area (TPSA) is 54.3 Å². The molecule has 1 aliphatic heterocycles. The number of hydrogen-bond acceptors (Lipinski definition) is 3. The Bertz CT molecular complexity index is 1220. The summed E-state index contributed by atoms with van der Waals surface area (Å²) in [4.78, 5) is 29.5. The van der Waals surface area contributed by atoms with Crippen molar-refractivity contribution in [3.8, 4) is 0 Å². The van der Waals surface area contributed by atoms with Gasteiger partial charge >= 0.3 is 0 Å². The summed E-state index contributed by atoms with van der Waals surface area (Å²) in [5.41, 5.74) is 1.56. The minimum absolute atomic E-state index is 0.0773. The molecule has 174 valence electrons. The van der Waals surface area contributed by atoms with E-state index in [1.807, 2.05) is 53.3 Å². The first kappa shape index (κ1) is 22.5. The predicted octanol–water partition coefficient (Wildman–Crippen LogP) is 5.71. The van der Waals surface area contributed by atoms with E-state index < -0.39 is 5.54 Å². The van der Waals surface area contributed by atoms with Crippen LogP contribution in [0.5, 0.6) is 0 Å². The van der Waals surface area contributed by atoms with Gasteiger partial charge in [-0.05, 0) is 60.4 Å². The van der Waals surface area contributed by atoms with Crippen LogP contribution in [0.3, 0.4) is 0 Å². The van der Waals surface area contributed by atoms with Gasteiger partial charge in [-0.15, -0.1) is 11.3 Å². The minimum atomic E-state index is -1.01. The second-order valence-corrected chi connectivity index (χ2v) is 11.3. The summed E-state index contributed by atoms with van der Waals surface area (Å²) in [5.74, 6) is 0.797. The Morgan fingerprint density at radius 2 is 2.06 bits per heavy atom. The van der Waals surface area contributed by atoms with Gasteiger partial charge in [-0.1, -0.05) is 50.4 Å². The molecule has 0 spiro atoms. The van der Waals surface area contributed by atoms with Crippen LogP contribution in [-0.4, -0.2) is 32.9 Å². The molecule has 0 saturated heterocycles. The van der Waals surface area contributed by atoms with Crippen molar-refractivity contribution in [2.24, 2.45) is 11.8 Å². The quantitative estimate of drug-likeness (QED) is 0.516. The zero-order valence-corrected chi connectivity index (χ0v) is 20.9. The van der Waals surface area contributed by atoms with Crippen molar-refractivity contribution < 1.29 is 9.59 Å². The highest BCUT2D eigenvalue weighted by Gasteiger charge is 2.48. The Hall–Kier alpha value is -2.31. The van der Waals surface area contributed by atoms with Crippen LogP contribution in [0, 0.1) is 11.8 Å². The number of benzene rings is 1. The van der Waals surface area contributed by atoms with Crippen LogP contribution in [0.25, 0.3) is 10.2 Å². The van der Waals surface area contributed by atoms with E-state index in [0.29, 0.717) is 35.6 Å². The monoisotopic (exact) mass is 483 g/mol. The largest absolute Gasteiger partial charge is 0.351 e. The lowest BCUT2D eigenvalue weighted by Crippen LogP contribution is -2.65. The van der Waals surface area contributed by atoms with Crippen LogP contribution < -0.4 is 5.32 Å². The summed E-state index contributed by atoms with van der Waals surface area (Å²) < 4.78 is 3.09. The van der Waals surface area contributed by atoms with Crippen LogP contribution in [-0.2, 0) is 17.9 Å². The van der Waals surface area contributed by atoms with Crippen molar-refractivity contribution in [2.75, 3.05) is 0 Å². The number of aromatic nitrogens is 1. The van der Waals surface area contributed by atoms with E-state index in [4.69, 9.17) is 11.6 Å². The summed E-state index contributed by atoms with van der Waals surface area (Å²) in [5, 5.41) is 6.01. The molecule has 5 rings (SSSR count). The first-order chi connectivity index (χ1) is 15.8. The Kier molecular flexibility index (Phi) is 5.78. The number of carbonyl (C=O) groups excluding carboxylic acids is 2. The van der Waals surface area contributed by atoms with Gasteiger partial charge in [0.15, 0.2) is 0 Å². The minimum Gasteiger partial charge on any atom is -0.351 e. The number of amides is 2. The maximum absolute atomic E-state index is 13.9. The van der Waals surface area contributed by atoms with Gasteiger partial charge in [0.25, 0.3) is 5.91 Å². The summed E-state index contributed by atoms with van der Waals surface area (Å²) >= 11 is 7.84. The molecule has 4 atom stereocenters. The van der Waals surface area contributed by atoms with Gasteiger partial charge in [-0.3, -0.25) is 9.59 Å². The first-order valence-electron chi connectivity index (χ1n) is 11.7. The second-order valence-electron chi connectivity index (χ2n) is 9.93. The van der Waals surface area contributed by atoms with Crippen LogP contribution in [0.15, 0.2) is 41.8 Å². The van der Waals surface area contributed by atoms with Crippen molar-refractivity contribution in [3.05, 3.63) is 58.1 Å². The van der Waals surface area contributed by atoms with E-state index in [-0.39, 0.29) is 17.9 Å². The van der Waals surface area contributed by atoms with E-state index in [1.165, 1.54) is 6.42 Å². The van der Waals surface area contributed by atoms with Crippen LogP contribution in [0.2, 0.25) is 5.02 Å². The number of carbonyl (C=O) groups is 2. The van der Waals surface area contributed by atoms with E-state index in [0.717, 1.165) is 28.6 Å². The Morgan fingerprint density at radius 1 is 1.24 bits per heavy atom. The molecule has 1 fully saturated rings. The molecule has 1 saturated carbocycles. The number of halogens is 1. The molecule has 1 aliphatic carbocycles. The normalized spacial score (nSPS) is 27.6. The molecule has 7 heteroatoms. The van der Waals surface area contributed by atoms with Gasteiger partial charge in [0.1, 0.15) is 11.2 Å². The number of nitrogens with one attached hydrogen (secondary N) is 1. The smallest absolute Gasteiger partial charge is 0.271 e. The lowest BCUT2D eigenvalue weighted by Gasteiger charge is -2.45. The number of nitrogens with zero attached hydrogens (tertiary/aromatic N) is 2. The molecule has 3 aromatic rings. The maximum atomic E-state index is 13.9. The van der Waals surface area contributed by atoms with E-state index in [9.17, 15) is 9.59 Å². The van der Waals surface area contributed by atoms with Crippen molar-refractivity contribution in [1.82, 2.24) is 14.8 Å². The maximum Gasteiger partial charge on any atom is 0.271 e. The lowest BCUT2D eigenvalue weighted by molar-refractivity contribution is -0.134. The predicted molar refractivity (Wildman–Crippen MR) is 134 cm³/mol. The zero-order valence-electron chi connectivity index (χ0n) is 19.3. The zero-order chi connectivity index (χ0) is 23.3. The van der Waals surface area contributed by atoms with Gasteiger partial charge in [-0.25, -0.2) is 0 Å². The summed E-state index contributed by atoms with van der Waals surface area (Å²) in [6.45, 7) is 7.16. The Balaban J connectivity index is 1.53. The summed E-state index contributed by atoms with van der Waals surface area (Å²) in [7, 11) is 0. The number of rotatable bonds is 4. The molecule has 2 aliphatic rings. The highest BCUT2D eigenvalue weighted by atomic mass is 35.5. The summed E-state index contributed by atoms with van der Waals surface area (Å²) in [6, 6.07) is 11.6. The fourth-order valence-corrected chi connectivity index (χ4v) is 6.48. The van der Waals surface area contributed by atoms with Crippen molar-refractivity contribution in [2.45, 2.75) is 64.7 Å². The van der Waals surface area contributed by atoms with E-state index >= 15 is 0 Å². The first-order valence-corrected chi connectivity index (χ1v) is 13.0. The summed E-state index contributed by atoms with van der Waals surface area (Å²) in [6.07, 6.45) is 3.31. The molecule has 1 N–H and O–H groups in total. The fraction of sp³-hybridized carbons (Fsp3) is 0.462. The van der Waals surface area contributed by atoms with Gasteiger partial charge < -0.3 is 14.8 Å². The SMILES string of the molecule is C[C@H]1[C@H](C)CCC[C@@H]1NC(=O)[C@]1(C)Cn2c(cc3sccc32)C(=O)N1Cc1cccc(Cl)c1. The Morgan fingerprint density at radius 3 is 2.85 bits per heavy atom. The average Bonchev–Trinajstić information content (AvgIpc) is 3.37. The van der Waals surface area contributed by atoms with Crippen LogP contribution in [0.1, 0.15) is 56.1 Å². The number of hydrogen-bond donors (Lipinski definition) is 1. The molecule has 0 unspecified atom stereocenters. The third-order valence-electron chi connectivity index (χ3n) is 7.79. The standard InChI is InChI=1S/C26H30ClN3O2S/c1-16-6-4-9-20(17(16)2)28-25(32)26(3)15-29-21-10-11-33-23(21)13-22(29)24(31)30(26)14-18-7-5-8-19(27)12-18/h5,7-8,10-13,16-17,20H,4,6,9,14-15H2,1-3H3,(H,28,32)/t16-,17+,20+,26+/m1/s1. The van der Waals surface area contributed by atoms with Crippen molar-refractivity contribution in [1.29, 1.82) is 0 Å². The van der Waals surface area contributed by atoms with Gasteiger partial charge in [0.2, 0.25) is 5.91 Å². The molecule has 33 heavy (non-hydrogen) atoms. The van der Waals surface area contributed by atoms with Gasteiger partial charge in [-0.2, -0.15) is 0 Å². The molecule has 3 heterocycles. The molecule has 0 radical (unpaired) electrons. The van der Waals surface area contributed by atoms with Crippen LogP contribution >= 0.6 is 22.9 Å². The highest BCUT2D eigenvalue weighted by molar-refractivity contribution is 7.17.